The van der Waals surface area contributed by atoms with Gasteiger partial charge in [-0.05, 0) is 22.4 Å². The molecule has 0 aliphatic carbocycles. The zero-order valence-electron chi connectivity index (χ0n) is 6.38. The van der Waals surface area contributed by atoms with Crippen LogP contribution in [0.2, 0.25) is 0 Å². The fraction of sp³-hybridized carbons (Fsp3) is 0.571. The molecule has 2 nitrogen and oxygen atoms in total. The lowest BCUT2D eigenvalue weighted by molar-refractivity contribution is 0.644. The van der Waals surface area contributed by atoms with E-state index in [1.165, 1.54) is 0 Å². The van der Waals surface area contributed by atoms with E-state index in [0.717, 1.165) is 21.6 Å². The first kappa shape index (κ1) is 9.16. The highest BCUT2D eigenvalue weighted by atomic mass is 79.9. The Bertz CT molecular complexity index is 224. The predicted molar refractivity (Wildman–Crippen MR) is 51.8 cm³/mol. The number of rotatable bonds is 3. The van der Waals surface area contributed by atoms with Crippen LogP contribution in [-0.2, 0) is 6.42 Å². The van der Waals surface area contributed by atoms with Crippen molar-refractivity contribution in [3.63, 3.8) is 0 Å². The summed E-state index contributed by atoms with van der Waals surface area (Å²) in [5, 5.41) is 1.12. The molecule has 0 saturated carbocycles. The van der Waals surface area contributed by atoms with Crippen LogP contribution in [0.25, 0.3) is 0 Å². The van der Waals surface area contributed by atoms with Crippen molar-refractivity contribution in [3.05, 3.63) is 15.0 Å². The minimum Gasteiger partial charge on any atom is -0.327 e. The molecule has 0 bridgehead atoms. The Balaban J connectivity index is 2.50. The zero-order chi connectivity index (χ0) is 8.27. The number of aromatic nitrogens is 1. The van der Waals surface area contributed by atoms with Crippen molar-refractivity contribution in [2.24, 2.45) is 5.73 Å². The molecule has 11 heavy (non-hydrogen) atoms. The summed E-state index contributed by atoms with van der Waals surface area (Å²) < 4.78 is 1.08. The van der Waals surface area contributed by atoms with Crippen molar-refractivity contribution in [3.8, 4) is 0 Å². The van der Waals surface area contributed by atoms with Gasteiger partial charge in [0, 0.05) is 12.5 Å². The monoisotopic (exact) mass is 234 g/mol. The predicted octanol–water partition coefficient (Wildman–Crippen LogP) is 2.19. The fourth-order valence-corrected chi connectivity index (χ4v) is 2.15. The molecule has 0 aliphatic heterocycles. The molecule has 1 unspecified atom stereocenters. The number of nitrogens with zero attached hydrogens (tertiary/aromatic N) is 1. The molecule has 0 amide bonds. The lowest BCUT2D eigenvalue weighted by Crippen LogP contribution is -2.21. The summed E-state index contributed by atoms with van der Waals surface area (Å²) in [6.07, 6.45) is 3.73. The van der Waals surface area contributed by atoms with Gasteiger partial charge in [-0.15, -0.1) is 11.3 Å². The van der Waals surface area contributed by atoms with Crippen LogP contribution in [0.1, 0.15) is 18.4 Å². The van der Waals surface area contributed by atoms with Crippen molar-refractivity contribution in [1.82, 2.24) is 4.98 Å². The molecule has 62 valence electrons. The maximum Gasteiger partial charge on any atom is 0.0952 e. The van der Waals surface area contributed by atoms with Gasteiger partial charge in [0.05, 0.1) is 15.0 Å². The van der Waals surface area contributed by atoms with E-state index in [1.807, 2.05) is 6.20 Å². The van der Waals surface area contributed by atoms with Crippen LogP contribution in [0.5, 0.6) is 0 Å². The van der Waals surface area contributed by atoms with Crippen LogP contribution in [-0.4, -0.2) is 11.0 Å². The van der Waals surface area contributed by atoms with E-state index in [1.54, 1.807) is 11.3 Å². The summed E-state index contributed by atoms with van der Waals surface area (Å²) in [6.45, 7) is 2.09. The van der Waals surface area contributed by atoms with Crippen molar-refractivity contribution in [2.75, 3.05) is 0 Å². The Kier molecular flexibility index (Phi) is 3.48. The van der Waals surface area contributed by atoms with Gasteiger partial charge in [0.15, 0.2) is 0 Å². The van der Waals surface area contributed by atoms with E-state index < -0.39 is 0 Å². The maximum absolute atomic E-state index is 5.77. The van der Waals surface area contributed by atoms with Crippen LogP contribution < -0.4 is 5.73 Å². The quantitative estimate of drug-likeness (QED) is 0.872. The van der Waals surface area contributed by atoms with Gasteiger partial charge >= 0.3 is 0 Å². The number of nitrogens with two attached hydrogens (primary N) is 1. The van der Waals surface area contributed by atoms with E-state index in [9.17, 15) is 0 Å². The number of halogens is 1. The molecule has 2 N–H and O–H groups in total. The number of hydrogen-bond donors (Lipinski definition) is 1. The van der Waals surface area contributed by atoms with Gasteiger partial charge in [0.1, 0.15) is 0 Å². The highest BCUT2D eigenvalue weighted by Gasteiger charge is 2.04. The largest absolute Gasteiger partial charge is 0.327 e. The maximum atomic E-state index is 5.77. The van der Waals surface area contributed by atoms with Gasteiger partial charge in [-0.25, -0.2) is 4.98 Å². The van der Waals surface area contributed by atoms with Crippen molar-refractivity contribution in [1.29, 1.82) is 0 Å². The minimum atomic E-state index is 0.257. The number of thiazole rings is 1. The Labute approximate surface area is 79.0 Å². The zero-order valence-corrected chi connectivity index (χ0v) is 8.78. The average molecular weight is 235 g/mol. The standard InChI is InChI=1S/C7H11BrN2S/c1-2-5(9)3-7-10-4-6(8)11-7/h4-5H,2-3,9H2,1H3. The second-order valence-corrected chi connectivity index (χ2v) is 4.93. The molecule has 0 radical (unpaired) electrons. The SMILES string of the molecule is CCC(N)Cc1ncc(Br)s1. The minimum absolute atomic E-state index is 0.257. The third-order valence-corrected chi connectivity index (χ3v) is 2.99. The third-order valence-electron chi connectivity index (χ3n) is 1.49. The summed E-state index contributed by atoms with van der Waals surface area (Å²) in [6, 6.07) is 0.257. The van der Waals surface area contributed by atoms with Crippen LogP contribution in [0.3, 0.4) is 0 Å². The van der Waals surface area contributed by atoms with Gasteiger partial charge in [0.2, 0.25) is 0 Å². The van der Waals surface area contributed by atoms with Gasteiger partial charge in [-0.3, -0.25) is 0 Å². The lowest BCUT2D eigenvalue weighted by Gasteiger charge is -2.03. The smallest absolute Gasteiger partial charge is 0.0952 e. The molecule has 1 heterocycles. The molecule has 0 aromatic carbocycles. The molecule has 1 rings (SSSR count). The van der Waals surface area contributed by atoms with Crippen molar-refractivity contribution in [2.45, 2.75) is 25.8 Å². The fourth-order valence-electron chi connectivity index (χ4n) is 0.751. The molecule has 1 aromatic heterocycles. The molecule has 0 aliphatic rings. The van der Waals surface area contributed by atoms with Crippen LogP contribution in [0.15, 0.2) is 9.98 Å². The molecule has 1 aromatic rings. The van der Waals surface area contributed by atoms with Crippen LogP contribution >= 0.6 is 27.3 Å². The second-order valence-electron chi connectivity index (χ2n) is 2.43. The highest BCUT2D eigenvalue weighted by molar-refractivity contribution is 9.11. The molecule has 0 spiro atoms. The van der Waals surface area contributed by atoms with E-state index >= 15 is 0 Å². The Morgan fingerprint density at radius 2 is 2.55 bits per heavy atom. The summed E-state index contributed by atoms with van der Waals surface area (Å²) >= 11 is 5.02. The van der Waals surface area contributed by atoms with E-state index in [2.05, 4.69) is 27.8 Å². The summed E-state index contributed by atoms with van der Waals surface area (Å²) in [7, 11) is 0. The van der Waals surface area contributed by atoms with Gasteiger partial charge in [-0.2, -0.15) is 0 Å². The Morgan fingerprint density at radius 3 is 3.00 bits per heavy atom. The normalized spacial score (nSPS) is 13.4. The van der Waals surface area contributed by atoms with Gasteiger partial charge < -0.3 is 5.73 Å². The first-order chi connectivity index (χ1) is 5.22. The van der Waals surface area contributed by atoms with E-state index in [0.29, 0.717) is 0 Å². The topological polar surface area (TPSA) is 38.9 Å². The second kappa shape index (κ2) is 4.18. The summed E-state index contributed by atoms with van der Waals surface area (Å²) in [4.78, 5) is 4.20. The molecule has 0 saturated heterocycles. The van der Waals surface area contributed by atoms with E-state index in [-0.39, 0.29) is 6.04 Å². The first-order valence-electron chi connectivity index (χ1n) is 3.58. The Morgan fingerprint density at radius 1 is 1.82 bits per heavy atom. The van der Waals surface area contributed by atoms with Crippen molar-refractivity contribution < 1.29 is 0 Å². The first-order valence-corrected chi connectivity index (χ1v) is 5.19. The van der Waals surface area contributed by atoms with Crippen LogP contribution in [0, 0.1) is 0 Å². The van der Waals surface area contributed by atoms with Gasteiger partial charge in [-0.1, -0.05) is 6.92 Å². The van der Waals surface area contributed by atoms with Crippen molar-refractivity contribution >= 4 is 27.3 Å². The molecule has 1 atom stereocenters. The van der Waals surface area contributed by atoms with Gasteiger partial charge in [0.25, 0.3) is 0 Å². The molecule has 4 heteroatoms. The lowest BCUT2D eigenvalue weighted by atomic mass is 10.2. The average Bonchev–Trinajstić information content (AvgIpc) is 2.35. The molecule has 0 fully saturated rings. The third kappa shape index (κ3) is 2.89. The van der Waals surface area contributed by atoms with Crippen LogP contribution in [0.4, 0.5) is 0 Å². The highest BCUT2D eigenvalue weighted by Crippen LogP contribution is 2.19. The molecular weight excluding hydrogens is 224 g/mol. The number of hydrogen-bond acceptors (Lipinski definition) is 3. The van der Waals surface area contributed by atoms with E-state index in [4.69, 9.17) is 5.73 Å². The summed E-state index contributed by atoms with van der Waals surface area (Å²) in [5.41, 5.74) is 5.77. The molecular formula is C7H11BrN2S. The summed E-state index contributed by atoms with van der Waals surface area (Å²) in [5.74, 6) is 0. The Hall–Kier alpha value is 0.0700.